The average molecular weight is 437 g/mol. The lowest BCUT2D eigenvalue weighted by molar-refractivity contribution is -0.143. The summed E-state index contributed by atoms with van der Waals surface area (Å²) >= 11 is 6.07. The number of nitrogens with zero attached hydrogens (tertiary/aromatic N) is 4. The van der Waals surface area contributed by atoms with E-state index in [4.69, 9.17) is 16.3 Å². The standard InChI is InChI=1S/C24H25ClN4O2/c25-19-10-8-18(9-11-19)24(12-4-5-13-24)23(30)28-15-21(16-28)29-14-20(26-27-29)17-31-22-6-2-1-3-7-22/h1-3,6-11,14,21H,4-5,12-13,15-17H2. The number of halogens is 1. The van der Waals surface area contributed by atoms with Crippen molar-refractivity contribution in [3.63, 3.8) is 0 Å². The highest BCUT2D eigenvalue weighted by Gasteiger charge is 2.48. The van der Waals surface area contributed by atoms with Gasteiger partial charge in [-0.2, -0.15) is 0 Å². The average Bonchev–Trinajstić information content (AvgIpc) is 3.43. The first-order valence-corrected chi connectivity index (χ1v) is 11.2. The van der Waals surface area contributed by atoms with Crippen molar-refractivity contribution in [2.45, 2.75) is 43.7 Å². The van der Waals surface area contributed by atoms with Gasteiger partial charge in [-0.1, -0.05) is 60.0 Å². The van der Waals surface area contributed by atoms with E-state index in [0.717, 1.165) is 42.7 Å². The molecule has 0 bridgehead atoms. The van der Waals surface area contributed by atoms with Crippen LogP contribution < -0.4 is 4.74 Å². The van der Waals surface area contributed by atoms with Crippen molar-refractivity contribution in [3.8, 4) is 5.75 Å². The van der Waals surface area contributed by atoms with Crippen molar-refractivity contribution in [3.05, 3.63) is 77.1 Å². The number of ether oxygens (including phenoxy) is 1. The molecule has 1 aliphatic carbocycles. The maximum absolute atomic E-state index is 13.5. The molecule has 31 heavy (non-hydrogen) atoms. The van der Waals surface area contributed by atoms with Crippen LogP contribution in [0, 0.1) is 0 Å². The van der Waals surface area contributed by atoms with Crippen LogP contribution in [0.25, 0.3) is 0 Å². The molecule has 0 spiro atoms. The molecule has 0 atom stereocenters. The third-order valence-corrected chi connectivity index (χ3v) is 6.73. The van der Waals surface area contributed by atoms with E-state index in [2.05, 4.69) is 10.3 Å². The summed E-state index contributed by atoms with van der Waals surface area (Å²) in [4.78, 5) is 15.5. The Bertz CT molecular complexity index is 1040. The minimum Gasteiger partial charge on any atom is -0.487 e. The number of carbonyl (C=O) groups is 1. The molecule has 0 radical (unpaired) electrons. The van der Waals surface area contributed by atoms with Crippen molar-refractivity contribution in [1.29, 1.82) is 0 Å². The number of rotatable bonds is 6. The van der Waals surface area contributed by atoms with Crippen molar-refractivity contribution in [2.24, 2.45) is 0 Å². The van der Waals surface area contributed by atoms with E-state index in [9.17, 15) is 4.79 Å². The Morgan fingerprint density at radius 3 is 2.48 bits per heavy atom. The van der Waals surface area contributed by atoms with Gasteiger partial charge in [0.05, 0.1) is 17.7 Å². The predicted molar refractivity (Wildman–Crippen MR) is 118 cm³/mol. The first-order valence-electron chi connectivity index (χ1n) is 10.8. The molecule has 0 unspecified atom stereocenters. The van der Waals surface area contributed by atoms with Gasteiger partial charge in [-0.05, 0) is 42.7 Å². The summed E-state index contributed by atoms with van der Waals surface area (Å²) in [5, 5.41) is 9.18. The Hall–Kier alpha value is -2.86. The van der Waals surface area contributed by atoms with Gasteiger partial charge in [0, 0.05) is 18.1 Å². The lowest BCUT2D eigenvalue weighted by atomic mass is 9.77. The molecule has 1 amide bonds. The number of amides is 1. The molecule has 2 aliphatic rings. The Kier molecular flexibility index (Phi) is 5.40. The molecule has 2 aromatic carbocycles. The van der Waals surface area contributed by atoms with Crippen molar-refractivity contribution in [2.75, 3.05) is 13.1 Å². The fraction of sp³-hybridized carbons (Fsp3) is 0.375. The molecule has 1 saturated heterocycles. The van der Waals surface area contributed by atoms with Gasteiger partial charge in [-0.25, -0.2) is 4.68 Å². The van der Waals surface area contributed by atoms with Crippen LogP contribution in [0.3, 0.4) is 0 Å². The van der Waals surface area contributed by atoms with Crippen LogP contribution in [-0.4, -0.2) is 38.9 Å². The van der Waals surface area contributed by atoms with Gasteiger partial charge in [0.15, 0.2) is 0 Å². The van der Waals surface area contributed by atoms with Crippen molar-refractivity contribution in [1.82, 2.24) is 19.9 Å². The number of benzene rings is 2. The highest BCUT2D eigenvalue weighted by atomic mass is 35.5. The zero-order valence-corrected chi connectivity index (χ0v) is 18.0. The van der Waals surface area contributed by atoms with Crippen LogP contribution in [0.15, 0.2) is 60.8 Å². The van der Waals surface area contributed by atoms with E-state index < -0.39 is 5.41 Å². The summed E-state index contributed by atoms with van der Waals surface area (Å²) in [6.07, 6.45) is 5.89. The molecular weight excluding hydrogens is 412 g/mol. The van der Waals surface area contributed by atoms with Crippen LogP contribution in [0.1, 0.15) is 43.0 Å². The third kappa shape index (κ3) is 3.92. The number of hydrogen-bond acceptors (Lipinski definition) is 4. The van der Waals surface area contributed by atoms with Crippen LogP contribution in [0.4, 0.5) is 0 Å². The van der Waals surface area contributed by atoms with Crippen LogP contribution in [0.2, 0.25) is 5.02 Å². The van der Waals surface area contributed by atoms with E-state index in [-0.39, 0.29) is 11.9 Å². The topological polar surface area (TPSA) is 60.2 Å². The molecular formula is C24H25ClN4O2. The monoisotopic (exact) mass is 436 g/mol. The molecule has 7 heteroatoms. The number of aromatic nitrogens is 3. The summed E-state index contributed by atoms with van der Waals surface area (Å²) < 4.78 is 7.60. The molecule has 2 fully saturated rings. The molecule has 0 N–H and O–H groups in total. The Morgan fingerprint density at radius 1 is 1.06 bits per heavy atom. The Balaban J connectivity index is 1.22. The molecule has 5 rings (SSSR count). The molecule has 1 saturated carbocycles. The molecule has 1 aliphatic heterocycles. The van der Waals surface area contributed by atoms with Gasteiger partial charge in [0.2, 0.25) is 5.91 Å². The highest BCUT2D eigenvalue weighted by molar-refractivity contribution is 6.30. The summed E-state index contributed by atoms with van der Waals surface area (Å²) in [5.74, 6) is 1.04. The third-order valence-electron chi connectivity index (χ3n) is 6.47. The normalized spacial score (nSPS) is 18.0. The maximum atomic E-state index is 13.5. The molecule has 2 heterocycles. The Labute approximate surface area is 186 Å². The van der Waals surface area contributed by atoms with E-state index >= 15 is 0 Å². The smallest absolute Gasteiger partial charge is 0.233 e. The maximum Gasteiger partial charge on any atom is 0.233 e. The zero-order valence-electron chi connectivity index (χ0n) is 17.3. The second-order valence-electron chi connectivity index (χ2n) is 8.45. The van der Waals surface area contributed by atoms with Gasteiger partial charge >= 0.3 is 0 Å². The largest absolute Gasteiger partial charge is 0.487 e. The van der Waals surface area contributed by atoms with E-state index in [0.29, 0.717) is 24.7 Å². The van der Waals surface area contributed by atoms with Crippen molar-refractivity contribution >= 4 is 17.5 Å². The zero-order chi connectivity index (χ0) is 21.3. The predicted octanol–water partition coefficient (Wildman–Crippen LogP) is 4.41. The molecule has 3 aromatic rings. The summed E-state index contributed by atoms with van der Waals surface area (Å²) in [7, 11) is 0. The minimum atomic E-state index is -0.410. The summed E-state index contributed by atoms with van der Waals surface area (Å²) in [5.41, 5.74) is 1.46. The molecule has 160 valence electrons. The quantitative estimate of drug-likeness (QED) is 0.574. The fourth-order valence-electron chi connectivity index (χ4n) is 4.70. The highest BCUT2D eigenvalue weighted by Crippen LogP contribution is 2.44. The number of para-hydroxylation sites is 1. The molecule has 6 nitrogen and oxygen atoms in total. The van der Waals surface area contributed by atoms with E-state index in [1.807, 2.05) is 70.4 Å². The molecule has 1 aromatic heterocycles. The Morgan fingerprint density at radius 2 is 1.77 bits per heavy atom. The number of carbonyl (C=O) groups excluding carboxylic acids is 1. The van der Waals surface area contributed by atoms with Crippen LogP contribution >= 0.6 is 11.6 Å². The number of likely N-dealkylation sites (tertiary alicyclic amines) is 1. The van der Waals surface area contributed by atoms with Crippen LogP contribution in [-0.2, 0) is 16.8 Å². The lowest BCUT2D eigenvalue weighted by Crippen LogP contribution is -2.56. The second-order valence-corrected chi connectivity index (χ2v) is 8.89. The minimum absolute atomic E-state index is 0.158. The first kappa shape index (κ1) is 20.1. The number of hydrogen-bond donors (Lipinski definition) is 0. The fourth-order valence-corrected chi connectivity index (χ4v) is 4.82. The lowest BCUT2D eigenvalue weighted by Gasteiger charge is -2.44. The van der Waals surface area contributed by atoms with Gasteiger partial charge in [-0.15, -0.1) is 5.10 Å². The van der Waals surface area contributed by atoms with Gasteiger partial charge in [-0.3, -0.25) is 4.79 Å². The van der Waals surface area contributed by atoms with E-state index in [1.54, 1.807) is 0 Å². The summed E-state index contributed by atoms with van der Waals surface area (Å²) in [6.45, 7) is 1.70. The van der Waals surface area contributed by atoms with Crippen molar-refractivity contribution < 1.29 is 9.53 Å². The van der Waals surface area contributed by atoms with Gasteiger partial charge < -0.3 is 9.64 Å². The summed E-state index contributed by atoms with van der Waals surface area (Å²) in [6, 6.07) is 17.6. The van der Waals surface area contributed by atoms with Gasteiger partial charge in [0.1, 0.15) is 18.1 Å². The SMILES string of the molecule is O=C(N1CC(n2cc(COc3ccccc3)nn2)C1)C1(c2ccc(Cl)cc2)CCCC1. The van der Waals surface area contributed by atoms with Crippen LogP contribution in [0.5, 0.6) is 5.75 Å². The van der Waals surface area contributed by atoms with E-state index in [1.165, 1.54) is 0 Å². The second kappa shape index (κ2) is 8.35. The first-order chi connectivity index (χ1) is 15.1. The van der Waals surface area contributed by atoms with Gasteiger partial charge in [0.25, 0.3) is 0 Å².